The van der Waals surface area contributed by atoms with Crippen LogP contribution in [0.15, 0.2) is 4.99 Å². The maximum absolute atomic E-state index is 11.9. The summed E-state index contributed by atoms with van der Waals surface area (Å²) in [6.45, 7) is 8.56. The van der Waals surface area contributed by atoms with Crippen molar-refractivity contribution >= 4 is 12.1 Å². The van der Waals surface area contributed by atoms with E-state index >= 15 is 0 Å². The molecular weight excluding hydrogens is 330 g/mol. The van der Waals surface area contributed by atoms with Gasteiger partial charge in [-0.25, -0.2) is 4.79 Å². The third-order valence-corrected chi connectivity index (χ3v) is 3.69. The second kappa shape index (κ2) is 15.9. The highest BCUT2D eigenvalue weighted by molar-refractivity contribution is 5.90. The van der Waals surface area contributed by atoms with Crippen LogP contribution in [0.1, 0.15) is 78.6 Å². The van der Waals surface area contributed by atoms with Crippen molar-refractivity contribution in [2.24, 2.45) is 16.5 Å². The van der Waals surface area contributed by atoms with Crippen molar-refractivity contribution in [1.29, 1.82) is 0 Å². The number of aliphatic imine (C=N–C) groups is 1. The largest absolute Gasteiger partial charge is 0.442 e. The fourth-order valence-corrected chi connectivity index (χ4v) is 2.35. The molecule has 0 aromatic rings. The van der Waals surface area contributed by atoms with Crippen molar-refractivity contribution in [3.8, 4) is 0 Å². The van der Waals surface area contributed by atoms with Gasteiger partial charge in [-0.05, 0) is 59.5 Å². The number of ether oxygens (including phenoxy) is 1. The molecule has 0 aromatic carbocycles. The Labute approximate surface area is 159 Å². The summed E-state index contributed by atoms with van der Waals surface area (Å²) in [5, 5.41) is 6.44. The number of amides is 1. The van der Waals surface area contributed by atoms with Crippen LogP contribution in [0.5, 0.6) is 0 Å². The topological polar surface area (TPSA) is 115 Å². The highest BCUT2D eigenvalue weighted by atomic mass is 16.6. The molecule has 0 aromatic heterocycles. The van der Waals surface area contributed by atoms with Gasteiger partial charge in [0.05, 0.1) is 0 Å². The van der Waals surface area contributed by atoms with E-state index in [0.29, 0.717) is 5.96 Å². The third kappa shape index (κ3) is 17.5. The summed E-state index contributed by atoms with van der Waals surface area (Å²) in [5.41, 5.74) is 10.5. The highest BCUT2D eigenvalue weighted by Gasteiger charge is 2.16. The zero-order chi connectivity index (χ0) is 19.7. The Balaban J connectivity index is 4.24. The van der Waals surface area contributed by atoms with Crippen LogP contribution in [-0.4, -0.2) is 43.8 Å². The first-order valence-electron chi connectivity index (χ1n) is 10.1. The fraction of sp³-hybridized carbons (Fsp3) is 0.895. The van der Waals surface area contributed by atoms with Crippen LogP contribution in [-0.2, 0) is 4.74 Å². The standard InChI is InChI=1S/C19H41N5O2/c1-19(2,3)26-18(25)24-17(23-16-12-8-6-10-14-21)22-15-11-7-4-5-9-13-20/h4-16,20-21H2,1-3H3,(H2,22,23,24,25). The molecule has 0 radical (unpaired) electrons. The third-order valence-electron chi connectivity index (χ3n) is 3.69. The van der Waals surface area contributed by atoms with E-state index in [4.69, 9.17) is 16.2 Å². The molecule has 0 unspecified atom stereocenters. The van der Waals surface area contributed by atoms with Gasteiger partial charge in [0.15, 0.2) is 0 Å². The summed E-state index contributed by atoms with van der Waals surface area (Å²) in [7, 11) is 0. The Morgan fingerprint density at radius 1 is 0.808 bits per heavy atom. The molecule has 0 bridgehead atoms. The number of hydrogen-bond acceptors (Lipinski definition) is 4. The monoisotopic (exact) mass is 371 g/mol. The van der Waals surface area contributed by atoms with Crippen LogP contribution in [0.25, 0.3) is 0 Å². The molecule has 154 valence electrons. The normalized spacial score (nSPS) is 12.1. The van der Waals surface area contributed by atoms with E-state index in [1.54, 1.807) is 0 Å². The SMILES string of the molecule is CC(C)(C)OC(=O)N=C(NCCCCCCN)NCCCCCCCN. The van der Waals surface area contributed by atoms with Gasteiger partial charge in [-0.2, -0.15) is 0 Å². The Morgan fingerprint density at radius 2 is 1.23 bits per heavy atom. The zero-order valence-corrected chi connectivity index (χ0v) is 17.1. The minimum absolute atomic E-state index is 0.500. The molecule has 7 nitrogen and oxygen atoms in total. The van der Waals surface area contributed by atoms with Crippen molar-refractivity contribution in [1.82, 2.24) is 10.6 Å². The van der Waals surface area contributed by atoms with E-state index in [0.717, 1.165) is 71.1 Å². The van der Waals surface area contributed by atoms with Gasteiger partial charge < -0.3 is 26.8 Å². The predicted molar refractivity (Wildman–Crippen MR) is 109 cm³/mol. The first kappa shape index (κ1) is 24.7. The van der Waals surface area contributed by atoms with Crippen LogP contribution in [0.3, 0.4) is 0 Å². The molecule has 6 N–H and O–H groups in total. The van der Waals surface area contributed by atoms with Gasteiger partial charge in [-0.1, -0.05) is 32.1 Å². The smallest absolute Gasteiger partial charge is 0.437 e. The van der Waals surface area contributed by atoms with E-state index in [1.807, 2.05) is 20.8 Å². The van der Waals surface area contributed by atoms with Gasteiger partial charge in [-0.3, -0.25) is 0 Å². The van der Waals surface area contributed by atoms with Crippen molar-refractivity contribution in [3.63, 3.8) is 0 Å². The maximum Gasteiger partial charge on any atom is 0.437 e. The van der Waals surface area contributed by atoms with Crippen LogP contribution in [0.2, 0.25) is 0 Å². The molecule has 0 spiro atoms. The lowest BCUT2D eigenvalue weighted by molar-refractivity contribution is 0.0603. The van der Waals surface area contributed by atoms with Gasteiger partial charge in [0.25, 0.3) is 0 Å². The maximum atomic E-state index is 11.9. The summed E-state index contributed by atoms with van der Waals surface area (Å²) in [6.07, 6.45) is 9.39. The first-order valence-corrected chi connectivity index (χ1v) is 10.1. The van der Waals surface area contributed by atoms with Crippen LogP contribution < -0.4 is 22.1 Å². The number of nitrogens with zero attached hydrogens (tertiary/aromatic N) is 1. The highest BCUT2D eigenvalue weighted by Crippen LogP contribution is 2.08. The molecule has 1 amide bonds. The number of unbranched alkanes of at least 4 members (excludes halogenated alkanes) is 7. The summed E-state index contributed by atoms with van der Waals surface area (Å²) >= 11 is 0. The fourth-order valence-electron chi connectivity index (χ4n) is 2.35. The summed E-state index contributed by atoms with van der Waals surface area (Å²) in [4.78, 5) is 16.0. The number of carbonyl (C=O) groups is 1. The molecule has 0 saturated heterocycles. The van der Waals surface area contributed by atoms with Gasteiger partial charge >= 0.3 is 6.09 Å². The molecule has 0 atom stereocenters. The van der Waals surface area contributed by atoms with Crippen molar-refractivity contribution < 1.29 is 9.53 Å². The van der Waals surface area contributed by atoms with Crippen LogP contribution >= 0.6 is 0 Å². The molecule has 0 saturated carbocycles. The van der Waals surface area contributed by atoms with Gasteiger partial charge in [-0.15, -0.1) is 4.99 Å². The van der Waals surface area contributed by atoms with Crippen LogP contribution in [0.4, 0.5) is 4.79 Å². The molecule has 0 aliphatic rings. The number of nitrogens with two attached hydrogens (primary N) is 2. The molecule has 0 fully saturated rings. The van der Waals surface area contributed by atoms with E-state index < -0.39 is 11.7 Å². The van der Waals surface area contributed by atoms with E-state index in [-0.39, 0.29) is 0 Å². The number of guanidine groups is 1. The Bertz CT molecular complexity index is 381. The van der Waals surface area contributed by atoms with E-state index in [1.165, 1.54) is 12.8 Å². The number of hydrogen-bond donors (Lipinski definition) is 4. The van der Waals surface area contributed by atoms with Gasteiger partial charge in [0.2, 0.25) is 5.96 Å². The lowest BCUT2D eigenvalue weighted by atomic mass is 10.1. The molecular formula is C19H41N5O2. The predicted octanol–water partition coefficient (Wildman–Crippen LogP) is 2.89. The van der Waals surface area contributed by atoms with Crippen LogP contribution in [0, 0.1) is 0 Å². The van der Waals surface area contributed by atoms with Gasteiger partial charge in [0.1, 0.15) is 5.60 Å². The second-order valence-electron chi connectivity index (χ2n) is 7.55. The molecule has 7 heteroatoms. The Hall–Kier alpha value is -1.34. The lowest BCUT2D eigenvalue weighted by Gasteiger charge is -2.18. The Morgan fingerprint density at radius 3 is 1.65 bits per heavy atom. The lowest BCUT2D eigenvalue weighted by Crippen LogP contribution is -2.39. The number of carbonyl (C=O) groups excluding carboxylic acids is 1. The average molecular weight is 372 g/mol. The Kier molecular flexibility index (Phi) is 15.1. The minimum atomic E-state index is -0.571. The molecule has 0 aliphatic heterocycles. The summed E-state index contributed by atoms with van der Waals surface area (Å²) in [5.74, 6) is 0.500. The molecule has 0 aliphatic carbocycles. The number of rotatable bonds is 13. The van der Waals surface area contributed by atoms with E-state index in [2.05, 4.69) is 15.6 Å². The average Bonchev–Trinajstić information content (AvgIpc) is 2.55. The first-order chi connectivity index (χ1) is 12.4. The minimum Gasteiger partial charge on any atom is -0.442 e. The number of nitrogens with one attached hydrogen (secondary N) is 2. The zero-order valence-electron chi connectivity index (χ0n) is 17.1. The summed E-state index contributed by atoms with van der Waals surface area (Å²) in [6, 6.07) is 0. The molecule has 26 heavy (non-hydrogen) atoms. The molecule has 0 rings (SSSR count). The van der Waals surface area contributed by atoms with Gasteiger partial charge in [0, 0.05) is 13.1 Å². The van der Waals surface area contributed by atoms with E-state index in [9.17, 15) is 4.79 Å². The van der Waals surface area contributed by atoms with Crippen molar-refractivity contribution in [3.05, 3.63) is 0 Å². The van der Waals surface area contributed by atoms with Crippen molar-refractivity contribution in [2.75, 3.05) is 26.2 Å². The summed E-state index contributed by atoms with van der Waals surface area (Å²) < 4.78 is 5.27. The second-order valence-corrected chi connectivity index (χ2v) is 7.55. The molecule has 0 heterocycles. The quantitative estimate of drug-likeness (QED) is 0.225. The van der Waals surface area contributed by atoms with Crippen molar-refractivity contribution in [2.45, 2.75) is 84.2 Å².